The molecule has 0 radical (unpaired) electrons. The molecule has 0 aromatic rings. The fourth-order valence-corrected chi connectivity index (χ4v) is 2.22. The molecule has 0 spiro atoms. The average Bonchev–Trinajstić information content (AvgIpc) is 2.39. The van der Waals surface area contributed by atoms with E-state index in [0.717, 1.165) is 19.4 Å². The number of nitrogens with zero attached hydrogens (tertiary/aromatic N) is 3. The minimum Gasteiger partial charge on any atom is -0.303 e. The quantitative estimate of drug-likeness (QED) is 0.747. The number of rotatable bonds is 6. The van der Waals surface area contributed by atoms with Crippen LogP contribution in [-0.2, 0) is 0 Å². The Hall–Kier alpha value is -0.630. The lowest BCUT2D eigenvalue weighted by Crippen LogP contribution is -2.46. The van der Waals surface area contributed by atoms with E-state index in [2.05, 4.69) is 28.1 Å². The fraction of sp³-hybridized carbons (Fsp3) is 0.923. The topological polar surface area (TPSA) is 42.3 Å². The van der Waals surface area contributed by atoms with Crippen molar-refractivity contribution in [3.63, 3.8) is 0 Å². The molecule has 98 valence electrons. The maximum absolute atomic E-state index is 9.06. The summed E-state index contributed by atoms with van der Waals surface area (Å²) in [5, 5.41) is 12.2. The molecule has 1 N–H and O–H groups in total. The maximum Gasteiger partial charge on any atom is 0.103 e. The fourth-order valence-electron chi connectivity index (χ4n) is 2.22. The summed E-state index contributed by atoms with van der Waals surface area (Å²) in [4.78, 5) is 5.00. The molecule has 0 aliphatic carbocycles. The van der Waals surface area contributed by atoms with E-state index in [1.807, 2.05) is 14.0 Å². The van der Waals surface area contributed by atoms with Crippen LogP contribution in [0.25, 0.3) is 0 Å². The third-order valence-corrected chi connectivity index (χ3v) is 3.86. The number of nitriles is 1. The third-order valence-electron chi connectivity index (χ3n) is 3.86. The smallest absolute Gasteiger partial charge is 0.103 e. The normalized spacial score (nSPS) is 22.0. The van der Waals surface area contributed by atoms with Crippen molar-refractivity contribution >= 4 is 0 Å². The van der Waals surface area contributed by atoms with E-state index in [-0.39, 0.29) is 5.54 Å². The number of hydrogen-bond acceptors (Lipinski definition) is 4. The van der Waals surface area contributed by atoms with Crippen LogP contribution in [0.2, 0.25) is 0 Å². The highest BCUT2D eigenvalue weighted by atomic mass is 15.3. The van der Waals surface area contributed by atoms with E-state index in [9.17, 15) is 0 Å². The van der Waals surface area contributed by atoms with E-state index in [1.165, 1.54) is 32.7 Å². The van der Waals surface area contributed by atoms with Crippen LogP contribution < -0.4 is 5.32 Å². The number of piperazine rings is 1. The third kappa shape index (κ3) is 4.63. The zero-order valence-corrected chi connectivity index (χ0v) is 11.5. The van der Waals surface area contributed by atoms with Gasteiger partial charge in [0.1, 0.15) is 5.54 Å². The van der Waals surface area contributed by atoms with Crippen LogP contribution in [0.1, 0.15) is 26.7 Å². The lowest BCUT2D eigenvalue weighted by Gasteiger charge is -2.34. The second-order valence-electron chi connectivity index (χ2n) is 5.07. The SMILES string of the molecule is CCN1CCN(CCCC(C)(C#N)NC)CC1. The Labute approximate surface area is 106 Å². The molecular weight excluding hydrogens is 212 g/mol. The van der Waals surface area contributed by atoms with Gasteiger partial charge in [0, 0.05) is 26.2 Å². The monoisotopic (exact) mass is 238 g/mol. The van der Waals surface area contributed by atoms with Gasteiger partial charge in [0.05, 0.1) is 6.07 Å². The first-order valence-corrected chi connectivity index (χ1v) is 6.68. The highest BCUT2D eigenvalue weighted by molar-refractivity contribution is 5.02. The van der Waals surface area contributed by atoms with Crippen molar-refractivity contribution in [2.24, 2.45) is 0 Å². The van der Waals surface area contributed by atoms with Crippen molar-refractivity contribution in [3.8, 4) is 6.07 Å². The van der Waals surface area contributed by atoms with Crippen LogP contribution in [0.4, 0.5) is 0 Å². The summed E-state index contributed by atoms with van der Waals surface area (Å²) >= 11 is 0. The predicted molar refractivity (Wildman–Crippen MR) is 70.9 cm³/mol. The highest BCUT2D eigenvalue weighted by Crippen LogP contribution is 2.11. The molecule has 1 heterocycles. The summed E-state index contributed by atoms with van der Waals surface area (Å²) in [5.41, 5.74) is -0.356. The van der Waals surface area contributed by atoms with Gasteiger partial charge in [-0.1, -0.05) is 6.92 Å². The van der Waals surface area contributed by atoms with Crippen molar-refractivity contribution in [3.05, 3.63) is 0 Å². The zero-order valence-electron chi connectivity index (χ0n) is 11.5. The van der Waals surface area contributed by atoms with Gasteiger partial charge in [-0.25, -0.2) is 0 Å². The van der Waals surface area contributed by atoms with E-state index in [1.54, 1.807) is 0 Å². The van der Waals surface area contributed by atoms with Crippen LogP contribution >= 0.6 is 0 Å². The highest BCUT2D eigenvalue weighted by Gasteiger charge is 2.21. The Morgan fingerprint density at radius 1 is 1.24 bits per heavy atom. The molecule has 1 rings (SSSR count). The first kappa shape index (κ1) is 14.4. The Kier molecular flexibility index (Phi) is 5.90. The molecule has 1 saturated heterocycles. The summed E-state index contributed by atoms with van der Waals surface area (Å²) in [6.45, 7) is 11.2. The van der Waals surface area contributed by atoms with Gasteiger partial charge < -0.3 is 15.1 Å². The molecule has 0 saturated carbocycles. The molecule has 0 bridgehead atoms. The Bertz CT molecular complexity index is 253. The van der Waals surface area contributed by atoms with Gasteiger partial charge in [-0.05, 0) is 39.9 Å². The summed E-state index contributed by atoms with van der Waals surface area (Å²) in [7, 11) is 1.86. The van der Waals surface area contributed by atoms with Gasteiger partial charge in [0.25, 0.3) is 0 Å². The van der Waals surface area contributed by atoms with Gasteiger partial charge in [-0.3, -0.25) is 0 Å². The second kappa shape index (κ2) is 6.95. The van der Waals surface area contributed by atoms with Crippen molar-refractivity contribution in [2.45, 2.75) is 32.2 Å². The second-order valence-corrected chi connectivity index (χ2v) is 5.07. The first-order valence-electron chi connectivity index (χ1n) is 6.68. The number of likely N-dealkylation sites (N-methyl/N-ethyl adjacent to an activating group) is 1. The number of hydrogen-bond donors (Lipinski definition) is 1. The molecule has 17 heavy (non-hydrogen) atoms. The lowest BCUT2D eigenvalue weighted by molar-refractivity contribution is 0.134. The zero-order chi connectivity index (χ0) is 12.7. The van der Waals surface area contributed by atoms with Crippen LogP contribution in [0.3, 0.4) is 0 Å². The van der Waals surface area contributed by atoms with Crippen molar-refractivity contribution in [1.82, 2.24) is 15.1 Å². The summed E-state index contributed by atoms with van der Waals surface area (Å²) in [5.74, 6) is 0. The molecule has 4 nitrogen and oxygen atoms in total. The molecule has 1 atom stereocenters. The van der Waals surface area contributed by atoms with E-state index >= 15 is 0 Å². The molecule has 0 aromatic carbocycles. The Morgan fingerprint density at radius 3 is 2.29 bits per heavy atom. The van der Waals surface area contributed by atoms with Crippen molar-refractivity contribution in [2.75, 3.05) is 46.3 Å². The molecule has 0 aromatic heterocycles. The average molecular weight is 238 g/mol. The largest absolute Gasteiger partial charge is 0.303 e. The summed E-state index contributed by atoms with van der Waals surface area (Å²) < 4.78 is 0. The molecule has 1 unspecified atom stereocenters. The lowest BCUT2D eigenvalue weighted by atomic mass is 9.98. The molecule has 1 aliphatic heterocycles. The van der Waals surface area contributed by atoms with Gasteiger partial charge in [-0.15, -0.1) is 0 Å². The molecule has 1 aliphatic rings. The van der Waals surface area contributed by atoms with Gasteiger partial charge in [0.15, 0.2) is 0 Å². The van der Waals surface area contributed by atoms with Crippen LogP contribution in [0.15, 0.2) is 0 Å². The van der Waals surface area contributed by atoms with Gasteiger partial charge in [0.2, 0.25) is 0 Å². The van der Waals surface area contributed by atoms with Gasteiger partial charge >= 0.3 is 0 Å². The maximum atomic E-state index is 9.06. The number of nitrogens with one attached hydrogen (secondary N) is 1. The van der Waals surface area contributed by atoms with Crippen LogP contribution in [-0.4, -0.2) is 61.7 Å². The molecular formula is C13H26N4. The van der Waals surface area contributed by atoms with Gasteiger partial charge in [-0.2, -0.15) is 5.26 Å². The summed E-state index contributed by atoms with van der Waals surface area (Å²) in [6, 6.07) is 2.34. The minimum absolute atomic E-state index is 0.356. The van der Waals surface area contributed by atoms with E-state index in [0.29, 0.717) is 0 Å². The summed E-state index contributed by atoms with van der Waals surface area (Å²) in [6.07, 6.45) is 2.02. The molecule has 4 heteroatoms. The van der Waals surface area contributed by atoms with E-state index < -0.39 is 0 Å². The molecule has 0 amide bonds. The Morgan fingerprint density at radius 2 is 1.82 bits per heavy atom. The first-order chi connectivity index (χ1) is 8.13. The Balaban J connectivity index is 2.18. The van der Waals surface area contributed by atoms with Crippen LogP contribution in [0, 0.1) is 11.3 Å². The van der Waals surface area contributed by atoms with Crippen molar-refractivity contribution < 1.29 is 0 Å². The minimum atomic E-state index is -0.356. The standard InChI is InChI=1S/C13H26N4/c1-4-16-8-10-17(11-9-16)7-5-6-13(2,12-14)15-3/h15H,4-11H2,1-3H3. The molecule has 1 fully saturated rings. The van der Waals surface area contributed by atoms with Crippen LogP contribution in [0.5, 0.6) is 0 Å². The predicted octanol–water partition coefficient (Wildman–Crippen LogP) is 0.906. The van der Waals surface area contributed by atoms with E-state index in [4.69, 9.17) is 5.26 Å². The van der Waals surface area contributed by atoms with Crippen molar-refractivity contribution in [1.29, 1.82) is 5.26 Å².